The molecule has 38 heavy (non-hydrogen) atoms. The average molecular weight is 576 g/mol. The summed E-state index contributed by atoms with van der Waals surface area (Å²) in [5, 5.41) is 0.453. The van der Waals surface area contributed by atoms with Gasteiger partial charge in [0.05, 0.1) is 21.6 Å². The molecule has 0 radical (unpaired) electrons. The highest BCUT2D eigenvalue weighted by atomic mass is 35.5. The van der Waals surface area contributed by atoms with Crippen molar-refractivity contribution in [3.8, 4) is 11.5 Å². The van der Waals surface area contributed by atoms with Gasteiger partial charge in [0.25, 0.3) is 11.1 Å². The first-order valence-electron chi connectivity index (χ1n) is 12.3. The number of rotatable bonds is 10. The molecule has 2 aromatic rings. The van der Waals surface area contributed by atoms with Crippen LogP contribution in [-0.2, 0) is 22.6 Å². The summed E-state index contributed by atoms with van der Waals surface area (Å²) < 4.78 is 12.0. The van der Waals surface area contributed by atoms with Crippen LogP contribution in [0.25, 0.3) is 6.08 Å². The number of thioether (sulfide) groups is 1. The molecule has 10 heteroatoms. The predicted molar refractivity (Wildman–Crippen MR) is 151 cm³/mol. The Kier molecular flexibility index (Phi) is 9.41. The standard InChI is InChI=1S/C28H28Cl2N2O5S/c1-3-7-20-12-19(14-23(36-4-2)26(20)37-17-18-8-9-21(29)22(30)13-18)15-24-27(34)32(28(35)38-24)16-25(33)31-10-5-6-11-31/h3,8-9,12-15H,1,4-7,10-11,16-17H2,2H3/b24-15+. The van der Waals surface area contributed by atoms with Crippen molar-refractivity contribution in [3.05, 3.63) is 74.6 Å². The number of likely N-dealkylation sites (tertiary alicyclic amines) is 1. The highest BCUT2D eigenvalue weighted by molar-refractivity contribution is 8.18. The molecule has 7 nitrogen and oxygen atoms in total. The summed E-state index contributed by atoms with van der Waals surface area (Å²) in [6.07, 6.45) is 5.76. The van der Waals surface area contributed by atoms with Gasteiger partial charge in [0.15, 0.2) is 11.5 Å². The number of hydrogen-bond acceptors (Lipinski definition) is 6. The lowest BCUT2D eigenvalue weighted by Crippen LogP contribution is -2.40. The second-order valence-corrected chi connectivity index (χ2v) is 10.6. The summed E-state index contributed by atoms with van der Waals surface area (Å²) in [6, 6.07) is 8.93. The van der Waals surface area contributed by atoms with E-state index in [-0.39, 0.29) is 24.0 Å². The van der Waals surface area contributed by atoms with Crippen molar-refractivity contribution in [3.63, 3.8) is 0 Å². The second kappa shape index (κ2) is 12.7. The van der Waals surface area contributed by atoms with E-state index in [2.05, 4.69) is 6.58 Å². The minimum absolute atomic E-state index is 0.207. The van der Waals surface area contributed by atoms with Crippen molar-refractivity contribution in [2.24, 2.45) is 0 Å². The molecule has 0 bridgehead atoms. The number of allylic oxidation sites excluding steroid dienone is 1. The van der Waals surface area contributed by atoms with Gasteiger partial charge >= 0.3 is 0 Å². The molecule has 2 fully saturated rings. The zero-order chi connectivity index (χ0) is 27.2. The van der Waals surface area contributed by atoms with Crippen LogP contribution in [0.3, 0.4) is 0 Å². The maximum absolute atomic E-state index is 13.0. The van der Waals surface area contributed by atoms with Crippen molar-refractivity contribution in [1.82, 2.24) is 9.80 Å². The molecule has 200 valence electrons. The van der Waals surface area contributed by atoms with Gasteiger partial charge in [-0.25, -0.2) is 0 Å². The van der Waals surface area contributed by atoms with Gasteiger partial charge in [-0.15, -0.1) is 6.58 Å². The highest BCUT2D eigenvalue weighted by Crippen LogP contribution is 2.38. The Bertz CT molecular complexity index is 1290. The largest absolute Gasteiger partial charge is 0.490 e. The maximum atomic E-state index is 13.0. The van der Waals surface area contributed by atoms with Crippen LogP contribution in [0.2, 0.25) is 10.0 Å². The van der Waals surface area contributed by atoms with Crippen molar-refractivity contribution >= 4 is 58.1 Å². The molecule has 2 aliphatic rings. The molecule has 4 rings (SSSR count). The van der Waals surface area contributed by atoms with Crippen LogP contribution in [0.5, 0.6) is 11.5 Å². The summed E-state index contributed by atoms with van der Waals surface area (Å²) in [4.78, 5) is 41.1. The Morgan fingerprint density at radius 2 is 1.87 bits per heavy atom. The average Bonchev–Trinajstić information content (AvgIpc) is 3.51. The van der Waals surface area contributed by atoms with Crippen molar-refractivity contribution in [1.29, 1.82) is 0 Å². The number of benzene rings is 2. The van der Waals surface area contributed by atoms with Crippen LogP contribution in [0.4, 0.5) is 4.79 Å². The van der Waals surface area contributed by atoms with Crippen molar-refractivity contribution in [2.45, 2.75) is 32.8 Å². The van der Waals surface area contributed by atoms with Crippen LogP contribution >= 0.6 is 35.0 Å². The normalized spacial score (nSPS) is 16.4. The van der Waals surface area contributed by atoms with Crippen molar-refractivity contribution in [2.75, 3.05) is 26.2 Å². The Balaban J connectivity index is 1.58. The Morgan fingerprint density at radius 3 is 2.55 bits per heavy atom. The summed E-state index contributed by atoms with van der Waals surface area (Å²) in [5.41, 5.74) is 2.32. The van der Waals surface area contributed by atoms with Crippen LogP contribution < -0.4 is 9.47 Å². The number of amides is 3. The monoisotopic (exact) mass is 574 g/mol. The third kappa shape index (κ3) is 6.54. The predicted octanol–water partition coefficient (Wildman–Crippen LogP) is 6.36. The smallest absolute Gasteiger partial charge is 0.294 e. The lowest BCUT2D eigenvalue weighted by molar-refractivity contribution is -0.135. The number of imide groups is 1. The molecule has 2 heterocycles. The van der Waals surface area contributed by atoms with E-state index in [9.17, 15) is 14.4 Å². The second-order valence-electron chi connectivity index (χ2n) is 8.83. The summed E-state index contributed by atoms with van der Waals surface area (Å²) >= 11 is 13.0. The number of halogens is 2. The fourth-order valence-corrected chi connectivity index (χ4v) is 5.43. The molecule has 0 spiro atoms. The van der Waals surface area contributed by atoms with Gasteiger partial charge in [0.2, 0.25) is 5.91 Å². The lowest BCUT2D eigenvalue weighted by atomic mass is 10.0. The van der Waals surface area contributed by atoms with Crippen LogP contribution in [0.1, 0.15) is 36.5 Å². The molecule has 0 atom stereocenters. The van der Waals surface area contributed by atoms with Gasteiger partial charge in [-0.1, -0.05) is 35.3 Å². The molecule has 2 aliphatic heterocycles. The van der Waals surface area contributed by atoms with Gasteiger partial charge < -0.3 is 14.4 Å². The van der Waals surface area contributed by atoms with E-state index in [1.807, 2.05) is 19.1 Å². The fourth-order valence-electron chi connectivity index (χ4n) is 4.27. The minimum atomic E-state index is -0.476. The summed E-state index contributed by atoms with van der Waals surface area (Å²) in [6.45, 7) is 7.44. The fraction of sp³-hybridized carbons (Fsp3) is 0.321. The van der Waals surface area contributed by atoms with E-state index < -0.39 is 11.1 Å². The summed E-state index contributed by atoms with van der Waals surface area (Å²) in [7, 11) is 0. The molecular formula is C28H28Cl2N2O5S. The first kappa shape index (κ1) is 28.1. The Morgan fingerprint density at radius 1 is 1.11 bits per heavy atom. The molecule has 0 unspecified atom stereocenters. The Hall–Kier alpha value is -2.94. The van der Waals surface area contributed by atoms with E-state index in [0.29, 0.717) is 53.2 Å². The first-order valence-corrected chi connectivity index (χ1v) is 13.9. The molecule has 0 aliphatic carbocycles. The van der Waals surface area contributed by atoms with Crippen LogP contribution in [-0.4, -0.2) is 53.1 Å². The minimum Gasteiger partial charge on any atom is -0.490 e. The van der Waals surface area contributed by atoms with Crippen LogP contribution in [0.15, 0.2) is 47.9 Å². The third-order valence-corrected chi connectivity index (χ3v) is 7.76. The number of ether oxygens (including phenoxy) is 2. The van der Waals surface area contributed by atoms with Crippen LogP contribution in [0, 0.1) is 0 Å². The Labute approximate surface area is 236 Å². The molecule has 3 amide bonds. The van der Waals surface area contributed by atoms with Gasteiger partial charge in [-0.2, -0.15) is 0 Å². The number of carbonyl (C=O) groups excluding carboxylic acids is 3. The van der Waals surface area contributed by atoms with Crippen molar-refractivity contribution < 1.29 is 23.9 Å². The highest BCUT2D eigenvalue weighted by Gasteiger charge is 2.37. The number of carbonyl (C=O) groups is 3. The summed E-state index contributed by atoms with van der Waals surface area (Å²) in [5.74, 6) is 0.373. The van der Waals surface area contributed by atoms with Gasteiger partial charge in [-0.05, 0) is 79.4 Å². The lowest BCUT2D eigenvalue weighted by Gasteiger charge is -2.18. The zero-order valence-electron chi connectivity index (χ0n) is 21.0. The van der Waals surface area contributed by atoms with E-state index in [1.165, 1.54) is 0 Å². The molecule has 2 saturated heterocycles. The number of hydrogen-bond donors (Lipinski definition) is 0. The quantitative estimate of drug-likeness (QED) is 0.243. The molecule has 0 saturated carbocycles. The SMILES string of the molecule is C=CCc1cc(/C=C2/SC(=O)N(CC(=O)N3CCCC3)C2=O)cc(OCC)c1OCc1ccc(Cl)c(Cl)c1. The van der Waals surface area contributed by atoms with E-state index >= 15 is 0 Å². The molecule has 2 aromatic carbocycles. The zero-order valence-corrected chi connectivity index (χ0v) is 23.3. The van der Waals surface area contributed by atoms with Gasteiger partial charge in [0.1, 0.15) is 13.2 Å². The number of nitrogens with zero attached hydrogens (tertiary/aromatic N) is 2. The topological polar surface area (TPSA) is 76.2 Å². The maximum Gasteiger partial charge on any atom is 0.294 e. The molecule has 0 aromatic heterocycles. The van der Waals surface area contributed by atoms with E-state index in [1.54, 1.807) is 35.3 Å². The van der Waals surface area contributed by atoms with E-state index in [0.717, 1.165) is 40.6 Å². The molecular weight excluding hydrogens is 547 g/mol. The third-order valence-electron chi connectivity index (χ3n) is 6.11. The molecule has 0 N–H and O–H groups in total. The van der Waals surface area contributed by atoms with Gasteiger partial charge in [0, 0.05) is 18.7 Å². The van der Waals surface area contributed by atoms with E-state index in [4.69, 9.17) is 32.7 Å². The first-order chi connectivity index (χ1) is 18.3. The van der Waals surface area contributed by atoms with Gasteiger partial charge in [-0.3, -0.25) is 19.3 Å².